The molecule has 0 amide bonds. The molecule has 1 N–H and O–H groups in total. The molecule has 0 fully saturated rings. The minimum Gasteiger partial charge on any atom is -0.493 e. The van der Waals surface area contributed by atoms with Gasteiger partial charge < -0.3 is 19.5 Å². The Morgan fingerprint density at radius 3 is 2.68 bits per heavy atom. The lowest BCUT2D eigenvalue weighted by Gasteiger charge is -2.12. The van der Waals surface area contributed by atoms with E-state index in [2.05, 4.69) is 11.4 Å². The van der Waals surface area contributed by atoms with E-state index in [1.54, 1.807) is 25.6 Å². The molecule has 0 aliphatic rings. The summed E-state index contributed by atoms with van der Waals surface area (Å²) < 4.78 is 16.2. The van der Waals surface area contributed by atoms with E-state index in [9.17, 15) is 0 Å². The summed E-state index contributed by atoms with van der Waals surface area (Å²) in [6, 6.07) is 10.1. The number of rotatable bonds is 9. The summed E-state index contributed by atoms with van der Waals surface area (Å²) in [6.45, 7) is 2.89. The maximum atomic E-state index is 5.82. The van der Waals surface area contributed by atoms with Crippen molar-refractivity contribution in [1.82, 2.24) is 5.32 Å². The Morgan fingerprint density at radius 2 is 2.00 bits per heavy atom. The molecular weight excluding hydrogens is 322 g/mol. The first-order valence-electron chi connectivity index (χ1n) is 6.85. The second kappa shape index (κ2) is 10.5. The van der Waals surface area contributed by atoms with Gasteiger partial charge in [0.25, 0.3) is 0 Å². The first-order valence-corrected chi connectivity index (χ1v) is 7.73. The predicted molar refractivity (Wildman–Crippen MR) is 92.5 cm³/mol. The predicted octanol–water partition coefficient (Wildman–Crippen LogP) is 3.49. The standard InChI is InChI=1S/C16H21NO3S.ClH/c1-18-8-7-17-11-13-5-6-15(16(10-13)19-2)20-12-14-4-3-9-21-14;/h3-6,9-10,17H,7-8,11-12H2,1-2H3;1H. The maximum Gasteiger partial charge on any atom is 0.161 e. The van der Waals surface area contributed by atoms with Crippen LogP contribution >= 0.6 is 23.7 Å². The van der Waals surface area contributed by atoms with E-state index < -0.39 is 0 Å². The van der Waals surface area contributed by atoms with E-state index in [4.69, 9.17) is 14.2 Å². The van der Waals surface area contributed by atoms with Crippen molar-refractivity contribution in [3.8, 4) is 11.5 Å². The second-order valence-electron chi connectivity index (χ2n) is 4.52. The SMILES string of the molecule is COCCNCc1ccc(OCc2cccs2)c(OC)c1.Cl. The molecule has 22 heavy (non-hydrogen) atoms. The Labute approximate surface area is 141 Å². The van der Waals surface area contributed by atoms with Crippen molar-refractivity contribution in [2.45, 2.75) is 13.2 Å². The molecule has 4 nitrogen and oxygen atoms in total. The van der Waals surface area contributed by atoms with Crippen LogP contribution in [0.4, 0.5) is 0 Å². The molecule has 0 saturated heterocycles. The quantitative estimate of drug-likeness (QED) is 0.707. The monoisotopic (exact) mass is 343 g/mol. The van der Waals surface area contributed by atoms with Gasteiger partial charge in [-0.25, -0.2) is 0 Å². The van der Waals surface area contributed by atoms with Crippen LogP contribution in [0.1, 0.15) is 10.4 Å². The Hall–Kier alpha value is -1.27. The van der Waals surface area contributed by atoms with Gasteiger partial charge >= 0.3 is 0 Å². The fraction of sp³-hybridized carbons (Fsp3) is 0.375. The first kappa shape index (κ1) is 18.8. The highest BCUT2D eigenvalue weighted by Crippen LogP contribution is 2.29. The molecule has 0 spiro atoms. The minimum absolute atomic E-state index is 0. The van der Waals surface area contributed by atoms with E-state index >= 15 is 0 Å². The molecule has 1 aromatic heterocycles. The van der Waals surface area contributed by atoms with Crippen LogP contribution in [0.3, 0.4) is 0 Å². The number of halogens is 1. The Kier molecular flexibility index (Phi) is 8.92. The van der Waals surface area contributed by atoms with Gasteiger partial charge in [0, 0.05) is 25.1 Å². The second-order valence-corrected chi connectivity index (χ2v) is 5.56. The molecule has 1 heterocycles. The van der Waals surface area contributed by atoms with Crippen molar-refractivity contribution in [2.24, 2.45) is 0 Å². The zero-order valence-corrected chi connectivity index (χ0v) is 14.5. The van der Waals surface area contributed by atoms with Crippen LogP contribution in [0.15, 0.2) is 35.7 Å². The summed E-state index contributed by atoms with van der Waals surface area (Å²) in [5, 5.41) is 5.35. The summed E-state index contributed by atoms with van der Waals surface area (Å²) in [7, 11) is 3.36. The molecule has 122 valence electrons. The summed E-state index contributed by atoms with van der Waals surface area (Å²) in [4.78, 5) is 1.20. The van der Waals surface area contributed by atoms with Crippen LogP contribution < -0.4 is 14.8 Å². The number of benzene rings is 1. The fourth-order valence-electron chi connectivity index (χ4n) is 1.89. The third kappa shape index (κ3) is 5.85. The molecule has 1 aromatic carbocycles. The highest BCUT2D eigenvalue weighted by atomic mass is 35.5. The highest BCUT2D eigenvalue weighted by molar-refractivity contribution is 7.09. The molecule has 2 aromatic rings. The fourth-order valence-corrected chi connectivity index (χ4v) is 2.51. The van der Waals surface area contributed by atoms with Gasteiger partial charge in [-0.05, 0) is 29.1 Å². The van der Waals surface area contributed by atoms with E-state index in [1.807, 2.05) is 29.6 Å². The van der Waals surface area contributed by atoms with Crippen LogP contribution in [0, 0.1) is 0 Å². The number of hydrogen-bond donors (Lipinski definition) is 1. The normalized spacial score (nSPS) is 10.1. The number of hydrogen-bond acceptors (Lipinski definition) is 5. The molecule has 0 saturated carbocycles. The maximum absolute atomic E-state index is 5.82. The summed E-state index contributed by atoms with van der Waals surface area (Å²) in [5.74, 6) is 1.53. The number of nitrogens with one attached hydrogen (secondary N) is 1. The van der Waals surface area contributed by atoms with Gasteiger partial charge in [0.15, 0.2) is 11.5 Å². The van der Waals surface area contributed by atoms with Gasteiger partial charge in [0.2, 0.25) is 0 Å². The molecule has 0 bridgehead atoms. The molecule has 0 aliphatic carbocycles. The zero-order chi connectivity index (χ0) is 14.9. The van der Waals surface area contributed by atoms with E-state index in [1.165, 1.54) is 4.88 Å². The average Bonchev–Trinajstić information content (AvgIpc) is 3.03. The van der Waals surface area contributed by atoms with Crippen LogP contribution in [-0.2, 0) is 17.9 Å². The Bertz CT molecular complexity index is 534. The van der Waals surface area contributed by atoms with E-state index in [-0.39, 0.29) is 12.4 Å². The summed E-state index contributed by atoms with van der Waals surface area (Å²) >= 11 is 1.69. The first-order chi connectivity index (χ1) is 10.3. The van der Waals surface area contributed by atoms with Gasteiger partial charge in [-0.1, -0.05) is 12.1 Å². The third-order valence-electron chi connectivity index (χ3n) is 2.99. The average molecular weight is 344 g/mol. The lowest BCUT2D eigenvalue weighted by atomic mass is 10.2. The lowest BCUT2D eigenvalue weighted by Crippen LogP contribution is -2.18. The molecule has 6 heteroatoms. The van der Waals surface area contributed by atoms with Gasteiger partial charge in [-0.2, -0.15) is 0 Å². The van der Waals surface area contributed by atoms with Crippen molar-refractivity contribution < 1.29 is 14.2 Å². The third-order valence-corrected chi connectivity index (χ3v) is 3.84. The van der Waals surface area contributed by atoms with E-state index in [0.717, 1.165) is 30.2 Å². The Balaban J connectivity index is 0.00000242. The number of thiophene rings is 1. The van der Waals surface area contributed by atoms with Gasteiger partial charge in [-0.15, -0.1) is 23.7 Å². The van der Waals surface area contributed by atoms with Crippen molar-refractivity contribution in [3.05, 3.63) is 46.2 Å². The molecular formula is C16H22ClNO3S. The molecule has 0 radical (unpaired) electrons. The van der Waals surface area contributed by atoms with Gasteiger partial charge in [-0.3, -0.25) is 0 Å². The van der Waals surface area contributed by atoms with Crippen LogP contribution in [-0.4, -0.2) is 27.4 Å². The molecule has 0 atom stereocenters. The molecule has 0 aliphatic heterocycles. The van der Waals surface area contributed by atoms with Crippen molar-refractivity contribution >= 4 is 23.7 Å². The number of ether oxygens (including phenoxy) is 3. The molecule has 2 rings (SSSR count). The number of methoxy groups -OCH3 is 2. The summed E-state index contributed by atoms with van der Waals surface area (Å²) in [5.41, 5.74) is 1.16. The topological polar surface area (TPSA) is 39.7 Å². The molecule has 0 unspecified atom stereocenters. The van der Waals surface area contributed by atoms with Gasteiger partial charge in [0.1, 0.15) is 6.61 Å². The minimum atomic E-state index is 0. The van der Waals surface area contributed by atoms with Crippen LogP contribution in [0.25, 0.3) is 0 Å². The van der Waals surface area contributed by atoms with Crippen molar-refractivity contribution in [3.63, 3.8) is 0 Å². The smallest absolute Gasteiger partial charge is 0.161 e. The van der Waals surface area contributed by atoms with Crippen LogP contribution in [0.5, 0.6) is 11.5 Å². The van der Waals surface area contributed by atoms with Crippen molar-refractivity contribution in [2.75, 3.05) is 27.4 Å². The van der Waals surface area contributed by atoms with E-state index in [0.29, 0.717) is 13.2 Å². The highest BCUT2D eigenvalue weighted by Gasteiger charge is 2.06. The van der Waals surface area contributed by atoms with Crippen LogP contribution in [0.2, 0.25) is 0 Å². The summed E-state index contributed by atoms with van der Waals surface area (Å²) in [6.07, 6.45) is 0. The van der Waals surface area contributed by atoms with Gasteiger partial charge in [0.05, 0.1) is 13.7 Å². The Morgan fingerprint density at radius 1 is 1.14 bits per heavy atom. The van der Waals surface area contributed by atoms with Crippen molar-refractivity contribution in [1.29, 1.82) is 0 Å². The lowest BCUT2D eigenvalue weighted by molar-refractivity contribution is 0.199. The largest absolute Gasteiger partial charge is 0.493 e. The zero-order valence-electron chi connectivity index (χ0n) is 12.8.